The van der Waals surface area contributed by atoms with Crippen LogP contribution in [0.4, 0.5) is 0 Å². The first-order valence-corrected chi connectivity index (χ1v) is 9.80. The van der Waals surface area contributed by atoms with Gasteiger partial charge >= 0.3 is 0 Å². The van der Waals surface area contributed by atoms with Gasteiger partial charge in [-0.05, 0) is 28.4 Å². The summed E-state index contributed by atoms with van der Waals surface area (Å²) in [6, 6.07) is 27.6. The van der Waals surface area contributed by atoms with Crippen LogP contribution in [0.1, 0.15) is 5.56 Å². The van der Waals surface area contributed by atoms with E-state index in [1.165, 1.54) is 21.5 Å². The minimum absolute atomic E-state index is 1.25. The van der Waals surface area contributed by atoms with Crippen LogP contribution in [-0.2, 0) is 11.8 Å². The van der Waals surface area contributed by atoms with E-state index in [-0.39, 0.29) is 0 Å². The van der Waals surface area contributed by atoms with E-state index in [0.717, 1.165) is 0 Å². The summed E-state index contributed by atoms with van der Waals surface area (Å²) in [6.45, 7) is 2.16. The highest BCUT2D eigenvalue weighted by atomic mass is 32.4. The molecule has 104 valence electrons. The van der Waals surface area contributed by atoms with Crippen LogP contribution in [-0.4, -0.2) is 0 Å². The monoisotopic (exact) mass is 308 g/mol. The first-order valence-electron chi connectivity index (χ1n) is 7.00. The van der Waals surface area contributed by atoms with Crippen LogP contribution in [0.3, 0.4) is 0 Å². The predicted octanol–water partition coefficient (Wildman–Crippen LogP) is 3.75. The second kappa shape index (κ2) is 5.97. The molecule has 0 aromatic heterocycles. The summed E-state index contributed by atoms with van der Waals surface area (Å²) in [5, 5.41) is 3.79. The lowest BCUT2D eigenvalue weighted by Gasteiger charge is -2.25. The summed E-state index contributed by atoms with van der Waals surface area (Å²) < 4.78 is 0. The Hall–Kier alpha value is -1.69. The van der Waals surface area contributed by atoms with Gasteiger partial charge in [-0.25, -0.2) is 0 Å². The fraction of sp³-hybridized carbons (Fsp3) is 0.0526. The Morgan fingerprint density at radius 2 is 1.05 bits per heavy atom. The molecule has 0 aliphatic carbocycles. The molecule has 2 heteroatoms. The standard InChI is InChI=1S/C19H17PS/c1-16-10-8-9-15-19(16)20(21,17-11-4-2-5-12-17)18-13-6-3-7-14-18/h2-15H,1H3. The van der Waals surface area contributed by atoms with Gasteiger partial charge in [0.25, 0.3) is 0 Å². The normalized spacial score (nSPS) is 11.3. The van der Waals surface area contributed by atoms with Crippen molar-refractivity contribution in [2.75, 3.05) is 0 Å². The Bertz CT molecular complexity index is 735. The molecule has 0 aliphatic heterocycles. The summed E-state index contributed by atoms with van der Waals surface area (Å²) in [4.78, 5) is 0. The van der Waals surface area contributed by atoms with Crippen LogP contribution in [0.25, 0.3) is 0 Å². The lowest BCUT2D eigenvalue weighted by molar-refractivity contribution is 1.52. The highest BCUT2D eigenvalue weighted by Gasteiger charge is 2.25. The van der Waals surface area contributed by atoms with Gasteiger partial charge in [0.1, 0.15) is 0 Å². The number of hydrogen-bond acceptors (Lipinski definition) is 1. The van der Waals surface area contributed by atoms with Crippen molar-refractivity contribution in [1.29, 1.82) is 0 Å². The molecule has 0 fully saturated rings. The van der Waals surface area contributed by atoms with Crippen LogP contribution >= 0.6 is 6.04 Å². The average Bonchev–Trinajstić information content (AvgIpc) is 2.56. The maximum Gasteiger partial charge on any atom is 0.0382 e. The topological polar surface area (TPSA) is 0 Å². The molecule has 0 atom stereocenters. The van der Waals surface area contributed by atoms with Crippen LogP contribution in [0.15, 0.2) is 84.9 Å². The summed E-state index contributed by atoms with van der Waals surface area (Å²) in [5.74, 6) is 0. The molecule has 0 bridgehead atoms. The lowest BCUT2D eigenvalue weighted by atomic mass is 10.2. The minimum atomic E-state index is -1.98. The number of hydrogen-bond donors (Lipinski definition) is 0. The van der Waals surface area contributed by atoms with Gasteiger partial charge in [0.15, 0.2) is 0 Å². The molecule has 21 heavy (non-hydrogen) atoms. The first kappa shape index (κ1) is 14.3. The SMILES string of the molecule is Cc1ccccc1P(=S)(c1ccccc1)c1ccccc1. The van der Waals surface area contributed by atoms with Crippen LogP contribution in [0.2, 0.25) is 0 Å². The summed E-state index contributed by atoms with van der Waals surface area (Å²) in [6.07, 6.45) is 0. The van der Waals surface area contributed by atoms with Gasteiger partial charge in [-0.1, -0.05) is 96.7 Å². The molecule has 0 saturated heterocycles. The molecule has 0 spiro atoms. The zero-order chi connectivity index (χ0) is 14.7. The maximum atomic E-state index is 6.30. The highest BCUT2D eigenvalue weighted by Crippen LogP contribution is 2.43. The largest absolute Gasteiger partial charge is 0.0826 e. The van der Waals surface area contributed by atoms with Gasteiger partial charge in [0.2, 0.25) is 0 Å². The molecule has 0 saturated carbocycles. The number of benzene rings is 3. The van der Waals surface area contributed by atoms with Crippen molar-refractivity contribution >= 4 is 33.8 Å². The van der Waals surface area contributed by atoms with E-state index in [9.17, 15) is 0 Å². The molecule has 3 rings (SSSR count). The zero-order valence-corrected chi connectivity index (χ0v) is 13.6. The van der Waals surface area contributed by atoms with Gasteiger partial charge in [0, 0.05) is 6.04 Å². The molecule has 3 aromatic rings. The average molecular weight is 308 g/mol. The van der Waals surface area contributed by atoms with Crippen molar-refractivity contribution in [2.45, 2.75) is 6.92 Å². The Morgan fingerprint density at radius 3 is 1.52 bits per heavy atom. The third-order valence-electron chi connectivity index (χ3n) is 3.69. The quantitative estimate of drug-likeness (QED) is 0.664. The van der Waals surface area contributed by atoms with E-state index in [1.807, 2.05) is 12.1 Å². The molecule has 0 nitrogen and oxygen atoms in total. The lowest BCUT2D eigenvalue weighted by Crippen LogP contribution is -2.26. The van der Waals surface area contributed by atoms with Crippen LogP contribution in [0, 0.1) is 6.92 Å². The molecular formula is C19H17PS. The van der Waals surface area contributed by atoms with E-state index in [1.54, 1.807) is 0 Å². The van der Waals surface area contributed by atoms with Gasteiger partial charge in [-0.3, -0.25) is 0 Å². The van der Waals surface area contributed by atoms with Crippen molar-refractivity contribution in [1.82, 2.24) is 0 Å². The fourth-order valence-electron chi connectivity index (χ4n) is 2.62. The van der Waals surface area contributed by atoms with Crippen LogP contribution < -0.4 is 15.9 Å². The molecule has 0 amide bonds. The zero-order valence-electron chi connectivity index (χ0n) is 11.9. The molecule has 0 unspecified atom stereocenters. The summed E-state index contributed by atoms with van der Waals surface area (Å²) in [7, 11) is 0. The molecular weight excluding hydrogens is 291 g/mol. The molecule has 0 heterocycles. The molecule has 0 radical (unpaired) electrons. The van der Waals surface area contributed by atoms with Gasteiger partial charge in [0.05, 0.1) is 0 Å². The maximum absolute atomic E-state index is 6.30. The Morgan fingerprint density at radius 1 is 0.619 bits per heavy atom. The molecule has 0 aliphatic rings. The highest BCUT2D eigenvalue weighted by molar-refractivity contribution is 8.25. The van der Waals surface area contributed by atoms with Crippen molar-refractivity contribution in [3.63, 3.8) is 0 Å². The Kier molecular flexibility index (Phi) is 4.05. The number of rotatable bonds is 3. The van der Waals surface area contributed by atoms with E-state index < -0.39 is 6.04 Å². The van der Waals surface area contributed by atoms with Crippen molar-refractivity contribution in [3.8, 4) is 0 Å². The fourth-order valence-corrected chi connectivity index (χ4v) is 6.87. The molecule has 0 N–H and O–H groups in total. The Labute approximate surface area is 131 Å². The predicted molar refractivity (Wildman–Crippen MR) is 97.3 cm³/mol. The van der Waals surface area contributed by atoms with E-state index in [2.05, 4.69) is 79.7 Å². The van der Waals surface area contributed by atoms with Crippen LogP contribution in [0.5, 0.6) is 0 Å². The van der Waals surface area contributed by atoms with Gasteiger partial charge in [-0.15, -0.1) is 0 Å². The van der Waals surface area contributed by atoms with Crippen molar-refractivity contribution in [2.24, 2.45) is 0 Å². The molecule has 3 aromatic carbocycles. The summed E-state index contributed by atoms with van der Waals surface area (Å²) in [5.41, 5.74) is 1.27. The second-order valence-corrected chi connectivity index (χ2v) is 9.44. The third-order valence-corrected chi connectivity index (χ3v) is 8.78. The third kappa shape index (κ3) is 2.60. The minimum Gasteiger partial charge on any atom is -0.0826 e. The van der Waals surface area contributed by atoms with E-state index in [0.29, 0.717) is 0 Å². The van der Waals surface area contributed by atoms with E-state index >= 15 is 0 Å². The summed E-state index contributed by atoms with van der Waals surface area (Å²) >= 11 is 6.30. The smallest absolute Gasteiger partial charge is 0.0382 e. The Balaban J connectivity index is 2.32. The number of aryl methyl sites for hydroxylation is 1. The van der Waals surface area contributed by atoms with Gasteiger partial charge < -0.3 is 0 Å². The van der Waals surface area contributed by atoms with Crippen molar-refractivity contribution in [3.05, 3.63) is 90.5 Å². The van der Waals surface area contributed by atoms with Crippen molar-refractivity contribution < 1.29 is 0 Å². The first-order chi connectivity index (χ1) is 10.2. The van der Waals surface area contributed by atoms with E-state index in [4.69, 9.17) is 11.8 Å². The van der Waals surface area contributed by atoms with Gasteiger partial charge in [-0.2, -0.15) is 0 Å². The second-order valence-electron chi connectivity index (χ2n) is 5.07.